The maximum Gasteiger partial charge on any atom is 0.145 e. The molecule has 1 aromatic rings. The third-order valence-corrected chi connectivity index (χ3v) is 3.18. The molecule has 1 aliphatic rings. The van der Waals surface area contributed by atoms with E-state index in [-0.39, 0.29) is 11.7 Å². The van der Waals surface area contributed by atoms with Crippen molar-refractivity contribution in [2.45, 2.75) is 44.1 Å². The van der Waals surface area contributed by atoms with Gasteiger partial charge in [0.1, 0.15) is 5.82 Å². The molecular weight excluding hydrogens is 193 g/mol. The predicted octanol–water partition coefficient (Wildman–Crippen LogP) is 2.63. The fraction of sp³-hybridized carbons (Fsp3) is 0.583. The highest BCUT2D eigenvalue weighted by molar-refractivity contribution is 5.19. The van der Waals surface area contributed by atoms with Gasteiger partial charge in [-0.1, -0.05) is 19.3 Å². The Labute approximate surface area is 89.2 Å². The molecule has 82 valence electrons. The molecular formula is C12H16FNO. The summed E-state index contributed by atoms with van der Waals surface area (Å²) in [6.07, 6.45) is 7.34. The Morgan fingerprint density at radius 2 is 2.07 bits per heavy atom. The van der Waals surface area contributed by atoms with Gasteiger partial charge in [-0.15, -0.1) is 0 Å². The molecule has 0 amide bonds. The molecule has 3 heteroatoms. The van der Waals surface area contributed by atoms with Crippen LogP contribution < -0.4 is 0 Å². The second-order valence-electron chi connectivity index (χ2n) is 4.21. The molecule has 2 rings (SSSR count). The van der Waals surface area contributed by atoms with Crippen molar-refractivity contribution in [3.63, 3.8) is 0 Å². The van der Waals surface area contributed by atoms with Gasteiger partial charge in [-0.2, -0.15) is 0 Å². The van der Waals surface area contributed by atoms with Crippen molar-refractivity contribution in [2.24, 2.45) is 0 Å². The van der Waals surface area contributed by atoms with Crippen molar-refractivity contribution in [1.82, 2.24) is 4.98 Å². The summed E-state index contributed by atoms with van der Waals surface area (Å²) in [5.74, 6) is -0.334. The number of pyridine rings is 1. The van der Waals surface area contributed by atoms with E-state index in [0.717, 1.165) is 32.1 Å². The zero-order valence-electron chi connectivity index (χ0n) is 8.69. The third kappa shape index (κ3) is 2.34. The van der Waals surface area contributed by atoms with Gasteiger partial charge in [-0.05, 0) is 24.5 Å². The van der Waals surface area contributed by atoms with E-state index >= 15 is 0 Å². The van der Waals surface area contributed by atoms with Crippen LogP contribution in [0.25, 0.3) is 0 Å². The molecule has 1 fully saturated rings. The fourth-order valence-electron chi connectivity index (χ4n) is 2.34. The number of halogens is 1. The summed E-state index contributed by atoms with van der Waals surface area (Å²) in [5, 5.41) is 9.94. The summed E-state index contributed by atoms with van der Waals surface area (Å²) < 4.78 is 13.5. The Kier molecular flexibility index (Phi) is 3.31. The van der Waals surface area contributed by atoms with Crippen molar-refractivity contribution in [2.75, 3.05) is 0 Å². The largest absolute Gasteiger partial charge is 0.392 e. The van der Waals surface area contributed by atoms with E-state index in [0.29, 0.717) is 5.56 Å². The Hall–Kier alpha value is -0.960. The number of nitrogens with zero attached hydrogens (tertiary/aromatic N) is 1. The van der Waals surface area contributed by atoms with Crippen LogP contribution in [0.15, 0.2) is 18.5 Å². The van der Waals surface area contributed by atoms with Gasteiger partial charge in [0.25, 0.3) is 0 Å². The van der Waals surface area contributed by atoms with Crippen LogP contribution in [0.3, 0.4) is 0 Å². The van der Waals surface area contributed by atoms with Gasteiger partial charge >= 0.3 is 0 Å². The Balaban J connectivity index is 2.24. The van der Waals surface area contributed by atoms with Crippen molar-refractivity contribution in [3.05, 3.63) is 29.8 Å². The molecule has 15 heavy (non-hydrogen) atoms. The molecule has 0 bridgehead atoms. The van der Waals surface area contributed by atoms with Gasteiger partial charge in [0.05, 0.1) is 12.3 Å². The summed E-state index contributed by atoms with van der Waals surface area (Å²) in [7, 11) is 0. The van der Waals surface area contributed by atoms with Gasteiger partial charge in [0.2, 0.25) is 0 Å². The summed E-state index contributed by atoms with van der Waals surface area (Å²) in [6, 6.07) is 1.69. The summed E-state index contributed by atoms with van der Waals surface area (Å²) in [5.41, 5.74) is 0.624. The SMILES string of the molecule is OC1CCCCCC1c1ccncc1F. The minimum atomic E-state index is -0.399. The van der Waals surface area contributed by atoms with E-state index in [1.165, 1.54) is 6.20 Å². The normalized spacial score (nSPS) is 27.3. The van der Waals surface area contributed by atoms with E-state index in [9.17, 15) is 9.50 Å². The first kappa shape index (κ1) is 10.6. The van der Waals surface area contributed by atoms with E-state index in [2.05, 4.69) is 4.98 Å². The zero-order valence-corrected chi connectivity index (χ0v) is 8.69. The lowest BCUT2D eigenvalue weighted by atomic mass is 9.90. The van der Waals surface area contributed by atoms with Gasteiger partial charge in [0, 0.05) is 12.1 Å². The molecule has 0 aromatic carbocycles. The van der Waals surface area contributed by atoms with Gasteiger partial charge in [-0.25, -0.2) is 4.39 Å². The van der Waals surface area contributed by atoms with Crippen LogP contribution in [0.4, 0.5) is 4.39 Å². The lowest BCUT2D eigenvalue weighted by Crippen LogP contribution is -2.18. The Morgan fingerprint density at radius 3 is 2.87 bits per heavy atom. The highest BCUT2D eigenvalue weighted by Crippen LogP contribution is 2.32. The number of aliphatic hydroxyl groups is 1. The van der Waals surface area contributed by atoms with Crippen LogP contribution in [-0.4, -0.2) is 16.2 Å². The molecule has 1 N–H and O–H groups in total. The molecule has 1 aromatic heterocycles. The van der Waals surface area contributed by atoms with E-state index < -0.39 is 6.10 Å². The van der Waals surface area contributed by atoms with Gasteiger partial charge in [-0.3, -0.25) is 4.98 Å². The van der Waals surface area contributed by atoms with Gasteiger partial charge < -0.3 is 5.11 Å². The number of rotatable bonds is 1. The molecule has 0 spiro atoms. The van der Waals surface area contributed by atoms with Crippen molar-refractivity contribution < 1.29 is 9.50 Å². The van der Waals surface area contributed by atoms with E-state index in [4.69, 9.17) is 0 Å². The maximum absolute atomic E-state index is 13.5. The molecule has 1 saturated carbocycles. The fourth-order valence-corrected chi connectivity index (χ4v) is 2.34. The average molecular weight is 209 g/mol. The average Bonchev–Trinajstić information content (AvgIpc) is 2.44. The maximum atomic E-state index is 13.5. The Bertz CT molecular complexity index is 329. The standard InChI is InChI=1S/C12H16FNO/c13-11-8-14-7-6-9(11)10-4-2-1-3-5-12(10)15/h6-8,10,12,15H,1-5H2. The van der Waals surface area contributed by atoms with Crippen LogP contribution in [-0.2, 0) is 0 Å². The second-order valence-corrected chi connectivity index (χ2v) is 4.21. The molecule has 2 unspecified atom stereocenters. The van der Waals surface area contributed by atoms with E-state index in [1.54, 1.807) is 12.3 Å². The number of aromatic nitrogens is 1. The number of aliphatic hydroxyl groups excluding tert-OH is 1. The molecule has 1 aliphatic carbocycles. The lowest BCUT2D eigenvalue weighted by Gasteiger charge is -2.20. The smallest absolute Gasteiger partial charge is 0.145 e. The highest BCUT2D eigenvalue weighted by Gasteiger charge is 2.25. The third-order valence-electron chi connectivity index (χ3n) is 3.18. The van der Waals surface area contributed by atoms with Crippen molar-refractivity contribution in [1.29, 1.82) is 0 Å². The van der Waals surface area contributed by atoms with Crippen LogP contribution in [0.1, 0.15) is 43.6 Å². The first-order valence-electron chi connectivity index (χ1n) is 5.56. The van der Waals surface area contributed by atoms with Gasteiger partial charge in [0.15, 0.2) is 0 Å². The molecule has 1 heterocycles. The second kappa shape index (κ2) is 4.71. The highest BCUT2D eigenvalue weighted by atomic mass is 19.1. The monoisotopic (exact) mass is 209 g/mol. The van der Waals surface area contributed by atoms with Crippen molar-refractivity contribution in [3.8, 4) is 0 Å². The molecule has 0 aliphatic heterocycles. The van der Waals surface area contributed by atoms with Crippen LogP contribution in [0.2, 0.25) is 0 Å². The zero-order chi connectivity index (χ0) is 10.7. The molecule has 0 radical (unpaired) electrons. The van der Waals surface area contributed by atoms with E-state index in [1.807, 2.05) is 0 Å². The first-order valence-corrected chi connectivity index (χ1v) is 5.56. The quantitative estimate of drug-likeness (QED) is 0.721. The Morgan fingerprint density at radius 1 is 1.27 bits per heavy atom. The predicted molar refractivity (Wildman–Crippen MR) is 56.0 cm³/mol. The van der Waals surface area contributed by atoms with Crippen LogP contribution in [0, 0.1) is 5.82 Å². The first-order chi connectivity index (χ1) is 7.29. The topological polar surface area (TPSA) is 33.1 Å². The number of hydrogen-bond donors (Lipinski definition) is 1. The van der Waals surface area contributed by atoms with Crippen molar-refractivity contribution >= 4 is 0 Å². The minimum absolute atomic E-state index is 0.0458. The summed E-state index contributed by atoms with van der Waals surface area (Å²) >= 11 is 0. The minimum Gasteiger partial charge on any atom is -0.392 e. The molecule has 0 saturated heterocycles. The molecule has 2 nitrogen and oxygen atoms in total. The van der Waals surface area contributed by atoms with Crippen LogP contribution in [0.5, 0.6) is 0 Å². The van der Waals surface area contributed by atoms with Crippen LogP contribution >= 0.6 is 0 Å². The summed E-state index contributed by atoms with van der Waals surface area (Å²) in [6.45, 7) is 0. The molecule has 2 atom stereocenters. The summed E-state index contributed by atoms with van der Waals surface area (Å²) in [4.78, 5) is 3.73. The lowest BCUT2D eigenvalue weighted by molar-refractivity contribution is 0.133. The number of hydrogen-bond acceptors (Lipinski definition) is 2.